The molecule has 2 aromatic rings. The van der Waals surface area contributed by atoms with E-state index in [0.717, 1.165) is 36.3 Å². The van der Waals surface area contributed by atoms with Crippen LogP contribution < -0.4 is 0 Å². The number of nitrogens with zero attached hydrogens (tertiary/aromatic N) is 3. The second kappa shape index (κ2) is 8.05. The number of ketones is 1. The first-order valence-electron chi connectivity index (χ1n) is 9.52. The molecule has 26 heavy (non-hydrogen) atoms. The van der Waals surface area contributed by atoms with E-state index in [1.54, 1.807) is 6.07 Å². The number of fused-ring (bicyclic) bond motifs is 1. The van der Waals surface area contributed by atoms with E-state index in [1.807, 2.05) is 26.8 Å². The number of hydrogen-bond donors (Lipinski definition) is 0. The highest BCUT2D eigenvalue weighted by molar-refractivity contribution is 6.29. The SMILES string of the molecule is CC(C)(C)OCC(=O)CCCCc1nc2ccc(Cl)nc2n1C1CCC1. The molecule has 1 saturated carbocycles. The van der Waals surface area contributed by atoms with E-state index in [9.17, 15) is 4.79 Å². The molecule has 0 aliphatic heterocycles. The maximum Gasteiger partial charge on any atom is 0.161 e. The summed E-state index contributed by atoms with van der Waals surface area (Å²) in [6.45, 7) is 6.09. The standard InChI is InChI=1S/C20H28ClN3O2/c1-20(2,3)26-13-15(25)9-4-5-10-18-22-16-11-12-17(21)23-19(16)24(18)14-7-6-8-14/h11-12,14H,4-10,13H2,1-3H3. The zero-order valence-electron chi connectivity index (χ0n) is 15.9. The first-order chi connectivity index (χ1) is 12.3. The quantitative estimate of drug-likeness (QED) is 0.484. The van der Waals surface area contributed by atoms with Crippen LogP contribution in [0.4, 0.5) is 0 Å². The summed E-state index contributed by atoms with van der Waals surface area (Å²) in [5.74, 6) is 1.23. The van der Waals surface area contributed by atoms with Crippen LogP contribution in [-0.4, -0.2) is 32.5 Å². The lowest BCUT2D eigenvalue weighted by molar-refractivity contribution is -0.128. The molecule has 1 fully saturated rings. The van der Waals surface area contributed by atoms with Crippen molar-refractivity contribution in [1.29, 1.82) is 0 Å². The fourth-order valence-corrected chi connectivity index (χ4v) is 3.32. The van der Waals surface area contributed by atoms with Crippen molar-refractivity contribution < 1.29 is 9.53 Å². The van der Waals surface area contributed by atoms with Crippen LogP contribution in [0.2, 0.25) is 5.15 Å². The van der Waals surface area contributed by atoms with E-state index in [1.165, 1.54) is 19.3 Å². The Morgan fingerprint density at radius 1 is 1.27 bits per heavy atom. The first-order valence-corrected chi connectivity index (χ1v) is 9.90. The van der Waals surface area contributed by atoms with Gasteiger partial charge >= 0.3 is 0 Å². The van der Waals surface area contributed by atoms with Gasteiger partial charge in [0, 0.05) is 18.9 Å². The molecule has 0 radical (unpaired) electrons. The third-order valence-corrected chi connectivity index (χ3v) is 5.00. The van der Waals surface area contributed by atoms with E-state index >= 15 is 0 Å². The van der Waals surface area contributed by atoms with Gasteiger partial charge < -0.3 is 9.30 Å². The zero-order valence-corrected chi connectivity index (χ0v) is 16.7. The predicted octanol–water partition coefficient (Wildman–Crippen LogP) is 4.91. The zero-order chi connectivity index (χ0) is 18.7. The van der Waals surface area contributed by atoms with Gasteiger partial charge in [-0.3, -0.25) is 4.79 Å². The van der Waals surface area contributed by atoms with Crippen molar-refractivity contribution in [3.63, 3.8) is 0 Å². The van der Waals surface area contributed by atoms with Crippen molar-refractivity contribution in [2.45, 2.75) is 77.4 Å². The largest absolute Gasteiger partial charge is 0.368 e. The molecule has 0 saturated heterocycles. The highest BCUT2D eigenvalue weighted by atomic mass is 35.5. The maximum atomic E-state index is 11.9. The van der Waals surface area contributed by atoms with Gasteiger partial charge in [0.05, 0.1) is 5.60 Å². The molecule has 6 heteroatoms. The van der Waals surface area contributed by atoms with Gasteiger partial charge in [-0.15, -0.1) is 0 Å². The van der Waals surface area contributed by atoms with Crippen LogP contribution in [0.5, 0.6) is 0 Å². The van der Waals surface area contributed by atoms with Gasteiger partial charge in [-0.25, -0.2) is 9.97 Å². The summed E-state index contributed by atoms with van der Waals surface area (Å²) in [6, 6.07) is 4.22. The minimum Gasteiger partial charge on any atom is -0.368 e. The molecular formula is C20H28ClN3O2. The normalized spacial score (nSPS) is 15.4. The molecular weight excluding hydrogens is 350 g/mol. The smallest absolute Gasteiger partial charge is 0.161 e. The minimum absolute atomic E-state index is 0.167. The van der Waals surface area contributed by atoms with Gasteiger partial charge in [0.2, 0.25) is 0 Å². The van der Waals surface area contributed by atoms with Crippen LogP contribution in [0.15, 0.2) is 12.1 Å². The molecule has 0 aromatic carbocycles. The Morgan fingerprint density at radius 3 is 2.69 bits per heavy atom. The average Bonchev–Trinajstić information content (AvgIpc) is 2.85. The number of rotatable bonds is 8. The first kappa shape index (κ1) is 19.3. The number of ether oxygens (including phenoxy) is 1. The summed E-state index contributed by atoms with van der Waals surface area (Å²) < 4.78 is 7.82. The minimum atomic E-state index is -0.266. The summed E-state index contributed by atoms with van der Waals surface area (Å²) in [5, 5.41) is 0.508. The van der Waals surface area contributed by atoms with Crippen molar-refractivity contribution in [3.8, 4) is 0 Å². The van der Waals surface area contributed by atoms with Crippen LogP contribution in [0.3, 0.4) is 0 Å². The topological polar surface area (TPSA) is 57.0 Å². The van der Waals surface area contributed by atoms with Crippen molar-refractivity contribution in [3.05, 3.63) is 23.1 Å². The van der Waals surface area contributed by atoms with Crippen molar-refractivity contribution in [2.24, 2.45) is 0 Å². The number of hydrogen-bond acceptors (Lipinski definition) is 4. The van der Waals surface area contributed by atoms with Crippen LogP contribution >= 0.6 is 11.6 Å². The molecule has 1 aliphatic carbocycles. The van der Waals surface area contributed by atoms with Gasteiger partial charge in [0.1, 0.15) is 23.1 Å². The molecule has 0 spiro atoms. The Bertz CT molecular complexity index is 775. The van der Waals surface area contributed by atoms with E-state index < -0.39 is 0 Å². The summed E-state index contributed by atoms with van der Waals surface area (Å²) >= 11 is 6.09. The molecule has 1 aliphatic rings. The fraction of sp³-hybridized carbons (Fsp3) is 0.650. The van der Waals surface area contributed by atoms with E-state index in [0.29, 0.717) is 17.6 Å². The Hall–Kier alpha value is -1.46. The lowest BCUT2D eigenvalue weighted by Crippen LogP contribution is -2.23. The molecule has 0 N–H and O–H groups in total. The highest BCUT2D eigenvalue weighted by Gasteiger charge is 2.25. The number of aromatic nitrogens is 3. The molecule has 5 nitrogen and oxygen atoms in total. The number of aryl methyl sites for hydroxylation is 1. The van der Waals surface area contributed by atoms with Crippen LogP contribution in [0.1, 0.15) is 71.2 Å². The predicted molar refractivity (Wildman–Crippen MR) is 104 cm³/mol. The Kier molecular flexibility index (Phi) is 5.98. The highest BCUT2D eigenvalue weighted by Crippen LogP contribution is 2.35. The lowest BCUT2D eigenvalue weighted by Gasteiger charge is -2.28. The Labute approximate surface area is 160 Å². The third-order valence-electron chi connectivity index (χ3n) is 4.79. The molecule has 0 atom stereocenters. The number of Topliss-reactive ketones (excluding diaryl/α,β-unsaturated/α-hetero) is 1. The van der Waals surface area contributed by atoms with Gasteiger partial charge in [-0.2, -0.15) is 0 Å². The van der Waals surface area contributed by atoms with Gasteiger partial charge in [-0.1, -0.05) is 11.6 Å². The number of halogens is 1. The monoisotopic (exact) mass is 377 g/mol. The number of pyridine rings is 1. The van der Waals surface area contributed by atoms with Crippen molar-refractivity contribution in [1.82, 2.24) is 14.5 Å². The fourth-order valence-electron chi connectivity index (χ4n) is 3.18. The lowest BCUT2D eigenvalue weighted by atomic mass is 9.92. The number of carbonyl (C=O) groups is 1. The van der Waals surface area contributed by atoms with Crippen molar-refractivity contribution >= 4 is 28.5 Å². The van der Waals surface area contributed by atoms with Gasteiger partial charge in [0.15, 0.2) is 11.4 Å². The number of unbranched alkanes of at least 4 members (excludes halogenated alkanes) is 1. The summed E-state index contributed by atoms with van der Waals surface area (Å²) in [6.07, 6.45) is 6.82. The summed E-state index contributed by atoms with van der Waals surface area (Å²) in [7, 11) is 0. The maximum absolute atomic E-state index is 11.9. The van der Waals surface area contributed by atoms with Gasteiger partial charge in [-0.05, 0) is 65.0 Å². The number of carbonyl (C=O) groups excluding carboxylic acids is 1. The Balaban J connectivity index is 1.58. The van der Waals surface area contributed by atoms with Gasteiger partial charge in [0.25, 0.3) is 0 Å². The average molecular weight is 378 g/mol. The molecule has 2 aromatic heterocycles. The van der Waals surface area contributed by atoms with Crippen LogP contribution in [0, 0.1) is 0 Å². The second-order valence-corrected chi connectivity index (χ2v) is 8.49. The third kappa shape index (κ3) is 4.83. The number of imidazole rings is 1. The summed E-state index contributed by atoms with van der Waals surface area (Å²) in [4.78, 5) is 21.2. The molecule has 3 rings (SSSR count). The molecule has 0 unspecified atom stereocenters. The molecule has 142 valence electrons. The Morgan fingerprint density at radius 2 is 2.04 bits per heavy atom. The molecule has 0 bridgehead atoms. The summed E-state index contributed by atoms with van der Waals surface area (Å²) in [5.41, 5.74) is 1.54. The second-order valence-electron chi connectivity index (χ2n) is 8.11. The van der Waals surface area contributed by atoms with E-state index in [4.69, 9.17) is 21.3 Å². The molecule has 2 heterocycles. The van der Waals surface area contributed by atoms with E-state index in [2.05, 4.69) is 9.55 Å². The van der Waals surface area contributed by atoms with E-state index in [-0.39, 0.29) is 18.0 Å². The van der Waals surface area contributed by atoms with Crippen LogP contribution in [0.25, 0.3) is 11.2 Å². The van der Waals surface area contributed by atoms with Crippen molar-refractivity contribution in [2.75, 3.05) is 6.61 Å². The molecule has 0 amide bonds. The van der Waals surface area contributed by atoms with Crippen LogP contribution in [-0.2, 0) is 16.0 Å².